The monoisotopic (exact) mass is 1530 g/mol. The molecule has 2 atom stereocenters. The summed E-state index contributed by atoms with van der Waals surface area (Å²) in [5.74, 6) is 5.12. The van der Waals surface area contributed by atoms with Gasteiger partial charge in [-0.25, -0.2) is 0 Å². The van der Waals surface area contributed by atoms with Crippen molar-refractivity contribution in [2.75, 3.05) is 21.3 Å². The van der Waals surface area contributed by atoms with Crippen LogP contribution in [0, 0.1) is 48.5 Å². The molecule has 15 aromatic carbocycles. The largest absolute Gasteiger partial charge is 0.497 e. The summed E-state index contributed by atoms with van der Waals surface area (Å²) in [6.45, 7) is 15.1. The lowest BCUT2D eigenvalue weighted by molar-refractivity contribution is 0.159. The highest BCUT2D eigenvalue weighted by Crippen LogP contribution is 2.57. The second-order valence-corrected chi connectivity index (χ2v) is 32.6. The van der Waals surface area contributed by atoms with Crippen LogP contribution in [0.25, 0.3) is 83.9 Å². The molecule has 15 aromatic rings. The van der Waals surface area contributed by atoms with Crippen molar-refractivity contribution in [3.63, 3.8) is 0 Å². The molecule has 3 aliphatic carbocycles. The van der Waals surface area contributed by atoms with Crippen LogP contribution in [0.15, 0.2) is 279 Å². The number of ether oxygens (including phenoxy) is 6. The Morgan fingerprint density at radius 1 is 0.299 bits per heavy atom. The molecular weight excluding hydrogens is 1430 g/mol. The van der Waals surface area contributed by atoms with E-state index in [2.05, 4.69) is 328 Å². The number of aliphatic hydroxyl groups is 1. The SMILES string of the molecule is COc1ccc2c3c(c4c(c2c1)C=CC(c1ccc(C)cc1)(c1ccc(OC)c(OC)c1)O4)CCc1ccccc1-3.Cc1ccc(C2(c3ccc(C)c(C)c3)C=Cc3c(c4c(c5ccc(C)cc35)-c3ccccc3CC4)O2)cc1.Cc1ccc(C2(c3ccc(C)cc3)C=Cc3c(c4c(c5ccccc35)-c3ccc(CO)cc3CC4)O2)cc1. The van der Waals surface area contributed by atoms with Crippen LogP contribution in [0.5, 0.6) is 34.5 Å². The van der Waals surface area contributed by atoms with E-state index in [4.69, 9.17) is 28.4 Å². The number of aryl methyl sites for hydroxylation is 10. The van der Waals surface area contributed by atoms with E-state index in [1.165, 1.54) is 144 Å². The van der Waals surface area contributed by atoms with E-state index in [9.17, 15) is 5.11 Å². The van der Waals surface area contributed by atoms with Gasteiger partial charge < -0.3 is 33.5 Å². The van der Waals surface area contributed by atoms with Crippen molar-refractivity contribution in [1.82, 2.24) is 0 Å². The first kappa shape index (κ1) is 74.2. The Morgan fingerprint density at radius 3 is 1.17 bits per heavy atom. The lowest BCUT2D eigenvalue weighted by atomic mass is 9.77. The third kappa shape index (κ3) is 12.6. The molecule has 0 amide bonds. The molecule has 0 saturated carbocycles. The zero-order valence-electron chi connectivity index (χ0n) is 68.1. The Balaban J connectivity index is 0.000000117. The minimum Gasteiger partial charge on any atom is -0.497 e. The Kier molecular flexibility index (Phi) is 18.8. The van der Waals surface area contributed by atoms with E-state index in [0.717, 1.165) is 111 Å². The Morgan fingerprint density at radius 2 is 0.692 bits per heavy atom. The molecule has 0 spiro atoms. The number of fused-ring (bicyclic) bond motifs is 24. The van der Waals surface area contributed by atoms with Crippen molar-refractivity contribution >= 4 is 50.5 Å². The highest BCUT2D eigenvalue weighted by atomic mass is 16.5. The summed E-state index contributed by atoms with van der Waals surface area (Å²) in [6, 6.07) is 93.7. The average molecular weight is 1530 g/mol. The number of hydrogen-bond donors (Lipinski definition) is 1. The Hall–Kier alpha value is -12.9. The highest BCUT2D eigenvalue weighted by Gasteiger charge is 2.44. The molecule has 576 valence electrons. The van der Waals surface area contributed by atoms with Gasteiger partial charge in [-0.3, -0.25) is 0 Å². The number of methoxy groups -OCH3 is 3. The molecule has 6 aliphatic rings. The molecule has 2 unspecified atom stereocenters. The van der Waals surface area contributed by atoms with Crippen molar-refractivity contribution in [1.29, 1.82) is 0 Å². The molecule has 0 bridgehead atoms. The van der Waals surface area contributed by atoms with Crippen molar-refractivity contribution < 1.29 is 33.5 Å². The summed E-state index contributed by atoms with van der Waals surface area (Å²) in [5.41, 5.74) is 33.1. The fourth-order valence-corrected chi connectivity index (χ4v) is 19.1. The third-order valence-corrected chi connectivity index (χ3v) is 25.5. The molecule has 7 nitrogen and oxygen atoms in total. The summed E-state index contributed by atoms with van der Waals surface area (Å²) in [6.07, 6.45) is 19.3. The average Bonchev–Trinajstić information content (AvgIpc) is 0.721. The van der Waals surface area contributed by atoms with Crippen molar-refractivity contribution in [3.05, 3.63) is 407 Å². The summed E-state index contributed by atoms with van der Waals surface area (Å²) < 4.78 is 39.1. The Bertz CT molecular complexity index is 6550. The maximum Gasteiger partial charge on any atom is 0.178 e. The molecule has 3 heterocycles. The van der Waals surface area contributed by atoms with Gasteiger partial charge in [-0.15, -0.1) is 0 Å². The first-order valence-corrected chi connectivity index (χ1v) is 41.0. The van der Waals surface area contributed by atoms with Gasteiger partial charge in [0.15, 0.2) is 28.3 Å². The maximum atomic E-state index is 9.74. The number of hydrogen-bond acceptors (Lipinski definition) is 7. The highest BCUT2D eigenvalue weighted by molar-refractivity contribution is 6.10. The van der Waals surface area contributed by atoms with E-state index in [-0.39, 0.29) is 6.61 Å². The summed E-state index contributed by atoms with van der Waals surface area (Å²) in [7, 11) is 5.04. The van der Waals surface area contributed by atoms with Crippen LogP contribution < -0.4 is 28.4 Å². The van der Waals surface area contributed by atoms with E-state index in [0.29, 0.717) is 11.5 Å². The van der Waals surface area contributed by atoms with Crippen LogP contribution >= 0.6 is 0 Å². The first-order valence-electron chi connectivity index (χ1n) is 41.0. The quantitative estimate of drug-likeness (QED) is 0.146. The minimum atomic E-state index is -0.864. The zero-order chi connectivity index (χ0) is 80.0. The molecule has 21 rings (SSSR count). The molecule has 0 radical (unpaired) electrons. The van der Waals surface area contributed by atoms with Gasteiger partial charge in [0.25, 0.3) is 0 Å². The van der Waals surface area contributed by atoms with Gasteiger partial charge in [-0.1, -0.05) is 264 Å². The topological polar surface area (TPSA) is 75.6 Å². The van der Waals surface area contributed by atoms with Crippen LogP contribution in [0.2, 0.25) is 0 Å². The van der Waals surface area contributed by atoms with Crippen LogP contribution in [0.4, 0.5) is 0 Å². The molecule has 3 aliphatic heterocycles. The van der Waals surface area contributed by atoms with Crippen molar-refractivity contribution in [3.8, 4) is 67.9 Å². The second kappa shape index (κ2) is 29.7. The van der Waals surface area contributed by atoms with Crippen LogP contribution in [-0.2, 0) is 61.9 Å². The number of benzene rings is 15. The van der Waals surface area contributed by atoms with E-state index < -0.39 is 16.8 Å². The zero-order valence-corrected chi connectivity index (χ0v) is 68.1. The van der Waals surface area contributed by atoms with Crippen LogP contribution in [-0.4, -0.2) is 26.4 Å². The molecular formula is C110H94O7. The van der Waals surface area contributed by atoms with E-state index in [1.807, 2.05) is 18.2 Å². The predicted octanol–water partition coefficient (Wildman–Crippen LogP) is 25.5. The lowest BCUT2D eigenvalue weighted by Gasteiger charge is -2.39. The molecule has 0 fully saturated rings. The predicted molar refractivity (Wildman–Crippen MR) is 479 cm³/mol. The fraction of sp³-hybridized carbons (Fsp3) is 0.182. The van der Waals surface area contributed by atoms with E-state index in [1.54, 1.807) is 21.3 Å². The van der Waals surface area contributed by atoms with Gasteiger partial charge in [0.2, 0.25) is 0 Å². The van der Waals surface area contributed by atoms with Crippen LogP contribution in [0.1, 0.15) is 128 Å². The Labute approximate surface area is 686 Å². The maximum absolute atomic E-state index is 9.74. The van der Waals surface area contributed by atoms with Gasteiger partial charge in [-0.05, 0) is 247 Å². The van der Waals surface area contributed by atoms with Gasteiger partial charge in [0, 0.05) is 66.8 Å². The summed E-state index contributed by atoms with van der Waals surface area (Å²) in [5, 5.41) is 17.1. The molecule has 7 heteroatoms. The smallest absolute Gasteiger partial charge is 0.178 e. The first-order chi connectivity index (χ1) is 57.1. The normalized spacial score (nSPS) is 16.4. The van der Waals surface area contributed by atoms with Crippen LogP contribution in [0.3, 0.4) is 0 Å². The molecule has 0 aromatic heterocycles. The minimum absolute atomic E-state index is 0.0641. The number of rotatable bonds is 10. The van der Waals surface area contributed by atoms with Gasteiger partial charge in [-0.2, -0.15) is 0 Å². The van der Waals surface area contributed by atoms with Crippen molar-refractivity contribution in [2.45, 2.75) is 110 Å². The second-order valence-electron chi connectivity index (χ2n) is 32.6. The molecule has 0 saturated heterocycles. The third-order valence-electron chi connectivity index (χ3n) is 25.5. The molecule has 117 heavy (non-hydrogen) atoms. The lowest BCUT2D eigenvalue weighted by Crippen LogP contribution is -2.35. The number of aliphatic hydroxyl groups excluding tert-OH is 1. The van der Waals surface area contributed by atoms with Gasteiger partial charge in [0.05, 0.1) is 27.9 Å². The fourth-order valence-electron chi connectivity index (χ4n) is 19.1. The van der Waals surface area contributed by atoms with Gasteiger partial charge >= 0.3 is 0 Å². The summed E-state index contributed by atoms with van der Waals surface area (Å²) >= 11 is 0. The standard InChI is InChI=1S/C37H32O4.C37H32O.C36H30O2/c1-23-9-12-25(13-10-23)37(26-14-18-33(39-3)34(21-26)40-4)20-19-30-32-22-27(38-2)15-17-29(32)35-28-8-6-5-7-24(28)11-16-31(35)36(30)41-37;1-23-9-14-28(15-10-23)37(29-16-12-25(3)26(4)22-29)20-19-32-34-21-24(2)11-17-31(34)35-30-8-6-5-7-27(30)13-18-33(35)36(32)38-37;1-23-7-13-27(14-8-23)36(28-15-9-24(2)10-16-28)20-19-32-30-5-3-4-6-31(30)34-29-17-11-25(22-37)21-26(29)12-18-33(34)35(32)38-36/h5-10,12-15,17-22H,11,16H2,1-4H3;5-12,14-17,19-22H,13,18H2,1-4H3;3-11,13-17,19-21,37H,12,18,22H2,1-2H3. The van der Waals surface area contributed by atoms with E-state index >= 15 is 0 Å². The van der Waals surface area contributed by atoms with Gasteiger partial charge in [0.1, 0.15) is 23.0 Å². The summed E-state index contributed by atoms with van der Waals surface area (Å²) in [4.78, 5) is 0. The molecule has 1 N–H and O–H groups in total. The van der Waals surface area contributed by atoms with Crippen molar-refractivity contribution in [2.24, 2.45) is 0 Å².